The zero-order chi connectivity index (χ0) is 24.5. The molecule has 0 bridgehead atoms. The van der Waals surface area contributed by atoms with Gasteiger partial charge in [-0.05, 0) is 36.8 Å². The van der Waals surface area contributed by atoms with Crippen LogP contribution in [0.15, 0.2) is 67.1 Å². The topological polar surface area (TPSA) is 139 Å². The van der Waals surface area contributed by atoms with E-state index in [9.17, 15) is 15.0 Å². The van der Waals surface area contributed by atoms with Gasteiger partial charge in [-0.3, -0.25) is 0 Å². The number of aliphatic carboxylic acids is 1. The molecule has 1 saturated heterocycles. The van der Waals surface area contributed by atoms with Gasteiger partial charge in [0.15, 0.2) is 12.8 Å². The summed E-state index contributed by atoms with van der Waals surface area (Å²) in [6, 6.07) is 16.6. The van der Waals surface area contributed by atoms with Crippen molar-refractivity contribution in [2.24, 2.45) is 0 Å². The smallest absolute Gasteiger partial charge is 0.341 e. The molecule has 2 aromatic carbocycles. The number of aliphatic hydroxyl groups excluding tert-OH is 2. The molecule has 4 aromatic rings. The van der Waals surface area contributed by atoms with E-state index in [1.807, 2.05) is 36.5 Å². The number of nitrogens with one attached hydrogen (secondary N) is 1. The second-order valence-corrected chi connectivity index (χ2v) is 8.28. The van der Waals surface area contributed by atoms with Crippen molar-refractivity contribution in [3.8, 4) is 16.9 Å². The lowest BCUT2D eigenvalue weighted by Gasteiger charge is -2.17. The first kappa shape index (κ1) is 22.8. The van der Waals surface area contributed by atoms with Crippen LogP contribution in [0.5, 0.6) is 5.75 Å². The molecule has 180 valence electrons. The second-order valence-electron chi connectivity index (χ2n) is 8.28. The highest BCUT2D eigenvalue weighted by atomic mass is 16.6. The van der Waals surface area contributed by atoms with E-state index in [0.717, 1.165) is 16.5 Å². The van der Waals surface area contributed by atoms with Crippen molar-refractivity contribution in [1.82, 2.24) is 14.5 Å². The minimum atomic E-state index is -1.12. The van der Waals surface area contributed by atoms with Crippen LogP contribution in [0.25, 0.3) is 22.2 Å². The first-order chi connectivity index (χ1) is 16.9. The summed E-state index contributed by atoms with van der Waals surface area (Å²) in [4.78, 5) is 19.7. The number of aliphatic hydroxyl groups is 2. The summed E-state index contributed by atoms with van der Waals surface area (Å²) in [7, 11) is 0. The summed E-state index contributed by atoms with van der Waals surface area (Å²) in [5, 5.41) is 33.7. The van der Waals surface area contributed by atoms with Crippen molar-refractivity contribution in [3.63, 3.8) is 0 Å². The van der Waals surface area contributed by atoms with E-state index >= 15 is 0 Å². The minimum Gasteiger partial charge on any atom is -0.482 e. The van der Waals surface area contributed by atoms with E-state index in [0.29, 0.717) is 22.9 Å². The third-order valence-corrected chi connectivity index (χ3v) is 5.92. The number of hydrogen-bond donors (Lipinski definition) is 4. The van der Waals surface area contributed by atoms with Gasteiger partial charge in [0.25, 0.3) is 0 Å². The number of rotatable bonds is 7. The summed E-state index contributed by atoms with van der Waals surface area (Å²) in [5.41, 5.74) is 3.00. The Hall–Kier alpha value is -3.99. The number of hydrogen-bond acceptors (Lipinski definition) is 8. The highest BCUT2D eigenvalue weighted by Gasteiger charge is 2.42. The average molecular weight is 476 g/mol. The molecule has 0 radical (unpaired) electrons. The summed E-state index contributed by atoms with van der Waals surface area (Å²) in [5.74, 6) is -0.0818. The number of carbonyl (C=O) groups is 1. The first-order valence-corrected chi connectivity index (χ1v) is 11.1. The Morgan fingerprint density at radius 1 is 1.09 bits per heavy atom. The Kier molecular flexibility index (Phi) is 6.08. The predicted octanol–water partition coefficient (Wildman–Crippen LogP) is 2.94. The molecule has 10 heteroatoms. The van der Waals surface area contributed by atoms with Crippen LogP contribution in [0.1, 0.15) is 13.2 Å². The van der Waals surface area contributed by atoms with Gasteiger partial charge >= 0.3 is 5.97 Å². The van der Waals surface area contributed by atoms with E-state index in [1.54, 1.807) is 35.8 Å². The number of ether oxygens (including phenoxy) is 2. The number of nitrogens with zero attached hydrogens (tertiary/aromatic N) is 3. The van der Waals surface area contributed by atoms with E-state index in [1.165, 1.54) is 6.33 Å². The molecule has 0 spiro atoms. The Morgan fingerprint density at radius 3 is 2.49 bits per heavy atom. The third kappa shape index (κ3) is 4.42. The number of aromatic nitrogens is 3. The van der Waals surface area contributed by atoms with Crippen LogP contribution in [0, 0.1) is 0 Å². The summed E-state index contributed by atoms with van der Waals surface area (Å²) in [6.45, 7) is 1.29. The Bertz CT molecular complexity index is 1340. The first-order valence-electron chi connectivity index (χ1n) is 11.1. The van der Waals surface area contributed by atoms with E-state index in [2.05, 4.69) is 15.3 Å². The monoisotopic (exact) mass is 476 g/mol. The molecule has 0 saturated carbocycles. The zero-order valence-corrected chi connectivity index (χ0v) is 18.8. The van der Waals surface area contributed by atoms with Gasteiger partial charge in [0.1, 0.15) is 35.7 Å². The molecular weight excluding hydrogens is 452 g/mol. The number of carboxylic acids is 1. The summed E-state index contributed by atoms with van der Waals surface area (Å²) < 4.78 is 12.8. The normalized spacial score (nSPS) is 21.8. The van der Waals surface area contributed by atoms with Gasteiger partial charge < -0.3 is 34.7 Å². The molecule has 3 heterocycles. The highest BCUT2D eigenvalue weighted by molar-refractivity contribution is 6.02. The molecule has 10 nitrogen and oxygen atoms in total. The van der Waals surface area contributed by atoms with E-state index in [4.69, 9.17) is 14.6 Å². The van der Waals surface area contributed by atoms with Crippen LogP contribution in [0.2, 0.25) is 0 Å². The SMILES string of the molecule is C[C@H]1O[C@@H](n2cc(-c3ccccc3)c3c(Nc4ccc(OCC(=O)O)cc4)ncnc32)[C@H](O)[C@@H]1O. The maximum Gasteiger partial charge on any atom is 0.341 e. The van der Waals surface area contributed by atoms with E-state index < -0.39 is 37.1 Å². The molecule has 4 atom stereocenters. The lowest BCUT2D eigenvalue weighted by atomic mass is 10.1. The Labute approximate surface area is 200 Å². The van der Waals surface area contributed by atoms with Gasteiger partial charge in [-0.25, -0.2) is 14.8 Å². The van der Waals surface area contributed by atoms with Gasteiger partial charge in [0.2, 0.25) is 0 Å². The molecule has 1 aliphatic rings. The van der Waals surface area contributed by atoms with Crippen LogP contribution in [0.4, 0.5) is 11.5 Å². The Morgan fingerprint density at radius 2 is 1.83 bits per heavy atom. The fourth-order valence-corrected chi connectivity index (χ4v) is 4.18. The van der Waals surface area contributed by atoms with Crippen LogP contribution in [0.3, 0.4) is 0 Å². The molecule has 0 amide bonds. The molecule has 0 aliphatic carbocycles. The van der Waals surface area contributed by atoms with Crippen LogP contribution < -0.4 is 10.1 Å². The average Bonchev–Trinajstić information content (AvgIpc) is 3.37. The summed E-state index contributed by atoms with van der Waals surface area (Å²) >= 11 is 0. The van der Waals surface area contributed by atoms with Gasteiger partial charge in [0, 0.05) is 17.4 Å². The van der Waals surface area contributed by atoms with Crippen LogP contribution in [-0.2, 0) is 9.53 Å². The van der Waals surface area contributed by atoms with Crippen molar-refractivity contribution in [3.05, 3.63) is 67.1 Å². The largest absolute Gasteiger partial charge is 0.482 e. The van der Waals surface area contributed by atoms with Crippen molar-refractivity contribution in [1.29, 1.82) is 0 Å². The van der Waals surface area contributed by atoms with Crippen LogP contribution >= 0.6 is 0 Å². The Balaban J connectivity index is 1.56. The molecule has 5 rings (SSSR count). The quantitative estimate of drug-likeness (QED) is 0.317. The number of fused-ring (bicyclic) bond motifs is 1. The fraction of sp³-hybridized carbons (Fsp3) is 0.240. The van der Waals surface area contributed by atoms with E-state index in [-0.39, 0.29) is 0 Å². The highest BCUT2D eigenvalue weighted by Crippen LogP contribution is 2.39. The lowest BCUT2D eigenvalue weighted by molar-refractivity contribution is -0.139. The number of anilines is 2. The minimum absolute atomic E-state index is 0.421. The number of benzene rings is 2. The van der Waals surface area contributed by atoms with Crippen LogP contribution in [-0.4, -0.2) is 60.7 Å². The maximum atomic E-state index is 10.7. The predicted molar refractivity (Wildman–Crippen MR) is 127 cm³/mol. The second kappa shape index (κ2) is 9.34. The molecule has 1 fully saturated rings. The van der Waals surface area contributed by atoms with Crippen molar-refractivity contribution in [2.45, 2.75) is 31.5 Å². The maximum absolute atomic E-state index is 10.7. The molecular formula is C25H24N4O6. The lowest BCUT2D eigenvalue weighted by Crippen LogP contribution is -2.30. The fourth-order valence-electron chi connectivity index (χ4n) is 4.18. The molecule has 1 aliphatic heterocycles. The van der Waals surface area contributed by atoms with Crippen molar-refractivity contribution >= 4 is 28.5 Å². The van der Waals surface area contributed by atoms with Gasteiger partial charge in [-0.2, -0.15) is 0 Å². The van der Waals surface area contributed by atoms with Crippen molar-refractivity contribution < 1.29 is 29.6 Å². The summed E-state index contributed by atoms with van der Waals surface area (Å²) in [6.07, 6.45) is -0.210. The standard InChI is InChI=1S/C25H24N4O6/c1-14-21(32)22(33)25(35-14)29-11-18(15-5-3-2-4-6-15)20-23(26-13-27-24(20)29)28-16-7-9-17(10-8-16)34-12-19(30)31/h2-11,13-14,21-22,25,32-33H,12H2,1H3,(H,30,31)(H,26,27,28)/t14-,21-,22-,25-/m1/s1. The molecule has 35 heavy (non-hydrogen) atoms. The van der Waals surface area contributed by atoms with Gasteiger partial charge in [-0.15, -0.1) is 0 Å². The molecule has 0 unspecified atom stereocenters. The molecule has 4 N–H and O–H groups in total. The van der Waals surface area contributed by atoms with Crippen molar-refractivity contribution in [2.75, 3.05) is 11.9 Å². The third-order valence-electron chi connectivity index (χ3n) is 5.92. The molecule has 2 aromatic heterocycles. The van der Waals surface area contributed by atoms with Gasteiger partial charge in [-0.1, -0.05) is 30.3 Å². The van der Waals surface area contributed by atoms with Gasteiger partial charge in [0.05, 0.1) is 11.5 Å². The zero-order valence-electron chi connectivity index (χ0n) is 18.8. The number of carboxylic acid groups (broad SMARTS) is 1.